The second kappa shape index (κ2) is 7.38. The van der Waals surface area contributed by atoms with Gasteiger partial charge in [0.2, 0.25) is 5.91 Å². The van der Waals surface area contributed by atoms with E-state index >= 15 is 0 Å². The standard InChI is InChI=1S/C18H22N4O3/c1-12-3-5-14(6-4-12)11-22-8-7-16(17(22)23)20-18(24)19-10-15-9-13(2)21-25-15/h3-6,9,16H,7-8,10-11H2,1-2H3,(H2,19,20,24). The van der Waals surface area contributed by atoms with Crippen LogP contribution in [-0.4, -0.2) is 34.6 Å². The van der Waals surface area contributed by atoms with Crippen molar-refractivity contribution in [3.8, 4) is 0 Å². The van der Waals surface area contributed by atoms with E-state index in [0.717, 1.165) is 11.3 Å². The summed E-state index contributed by atoms with van der Waals surface area (Å²) in [5.41, 5.74) is 3.04. The molecule has 2 heterocycles. The molecule has 0 saturated carbocycles. The molecule has 1 aliphatic rings. The van der Waals surface area contributed by atoms with Crippen LogP contribution in [0.4, 0.5) is 4.79 Å². The third kappa shape index (κ3) is 4.37. The molecule has 1 atom stereocenters. The molecule has 0 spiro atoms. The molecule has 2 N–H and O–H groups in total. The minimum Gasteiger partial charge on any atom is -0.359 e. The van der Waals surface area contributed by atoms with Crippen LogP contribution >= 0.6 is 0 Å². The summed E-state index contributed by atoms with van der Waals surface area (Å²) in [6.07, 6.45) is 0.611. The van der Waals surface area contributed by atoms with Crippen molar-refractivity contribution in [1.82, 2.24) is 20.7 Å². The van der Waals surface area contributed by atoms with Gasteiger partial charge >= 0.3 is 6.03 Å². The van der Waals surface area contributed by atoms with Crippen LogP contribution in [0.5, 0.6) is 0 Å². The van der Waals surface area contributed by atoms with E-state index in [1.54, 1.807) is 11.0 Å². The minimum atomic E-state index is -0.484. The fourth-order valence-electron chi connectivity index (χ4n) is 2.82. The van der Waals surface area contributed by atoms with E-state index < -0.39 is 6.04 Å². The van der Waals surface area contributed by atoms with Gasteiger partial charge in [-0.05, 0) is 25.8 Å². The average Bonchev–Trinajstić information content (AvgIpc) is 3.15. The van der Waals surface area contributed by atoms with Crippen LogP contribution in [0, 0.1) is 13.8 Å². The fraction of sp³-hybridized carbons (Fsp3) is 0.389. The maximum atomic E-state index is 12.4. The molecule has 7 heteroatoms. The lowest BCUT2D eigenvalue weighted by molar-refractivity contribution is -0.129. The molecule has 1 aliphatic heterocycles. The van der Waals surface area contributed by atoms with Crippen molar-refractivity contribution in [1.29, 1.82) is 0 Å². The van der Waals surface area contributed by atoms with Crippen molar-refractivity contribution < 1.29 is 14.1 Å². The first-order valence-electron chi connectivity index (χ1n) is 8.32. The molecule has 7 nitrogen and oxygen atoms in total. The molecule has 1 unspecified atom stereocenters. The Balaban J connectivity index is 1.48. The summed E-state index contributed by atoms with van der Waals surface area (Å²) in [7, 11) is 0. The smallest absolute Gasteiger partial charge is 0.315 e. The Labute approximate surface area is 146 Å². The first-order valence-corrected chi connectivity index (χ1v) is 8.32. The van der Waals surface area contributed by atoms with Crippen LogP contribution in [0.15, 0.2) is 34.9 Å². The summed E-state index contributed by atoms with van der Waals surface area (Å²) in [6, 6.07) is 9.00. The average molecular weight is 342 g/mol. The third-order valence-corrected chi connectivity index (χ3v) is 4.20. The maximum absolute atomic E-state index is 12.4. The number of likely N-dealkylation sites (tertiary alicyclic amines) is 1. The van der Waals surface area contributed by atoms with Gasteiger partial charge in [0.1, 0.15) is 6.04 Å². The monoisotopic (exact) mass is 342 g/mol. The summed E-state index contributed by atoms with van der Waals surface area (Å²) in [6.45, 7) is 5.28. The van der Waals surface area contributed by atoms with Gasteiger partial charge in [-0.25, -0.2) is 4.79 Å². The van der Waals surface area contributed by atoms with Gasteiger partial charge in [0, 0.05) is 19.2 Å². The van der Waals surface area contributed by atoms with Crippen molar-refractivity contribution >= 4 is 11.9 Å². The number of urea groups is 1. The fourth-order valence-corrected chi connectivity index (χ4v) is 2.82. The number of hydrogen-bond donors (Lipinski definition) is 2. The first-order chi connectivity index (χ1) is 12.0. The van der Waals surface area contributed by atoms with Gasteiger partial charge in [-0.3, -0.25) is 4.79 Å². The molecule has 132 valence electrons. The summed E-state index contributed by atoms with van der Waals surface area (Å²) in [5.74, 6) is 0.526. The third-order valence-electron chi connectivity index (χ3n) is 4.20. The number of benzene rings is 1. The van der Waals surface area contributed by atoms with Crippen LogP contribution in [0.1, 0.15) is 29.0 Å². The van der Waals surface area contributed by atoms with Crippen molar-refractivity contribution in [2.45, 2.75) is 39.4 Å². The Morgan fingerprint density at radius 1 is 1.32 bits per heavy atom. The Hall–Kier alpha value is -2.83. The van der Waals surface area contributed by atoms with Crippen LogP contribution in [0.3, 0.4) is 0 Å². The molecule has 1 aromatic carbocycles. The number of carbonyl (C=O) groups excluding carboxylic acids is 2. The Morgan fingerprint density at radius 2 is 2.08 bits per heavy atom. The summed E-state index contributed by atoms with van der Waals surface area (Å²) >= 11 is 0. The van der Waals surface area contributed by atoms with E-state index in [0.29, 0.717) is 25.3 Å². The van der Waals surface area contributed by atoms with E-state index in [2.05, 4.69) is 15.8 Å². The quantitative estimate of drug-likeness (QED) is 0.869. The molecular weight excluding hydrogens is 320 g/mol. The lowest BCUT2D eigenvalue weighted by Gasteiger charge is -2.17. The number of nitrogens with one attached hydrogen (secondary N) is 2. The molecule has 25 heavy (non-hydrogen) atoms. The number of aromatic nitrogens is 1. The highest BCUT2D eigenvalue weighted by molar-refractivity contribution is 5.88. The zero-order chi connectivity index (χ0) is 17.8. The summed E-state index contributed by atoms with van der Waals surface area (Å²) in [5, 5.41) is 9.16. The van der Waals surface area contributed by atoms with E-state index in [4.69, 9.17) is 4.52 Å². The first kappa shape index (κ1) is 17.0. The highest BCUT2D eigenvalue weighted by Crippen LogP contribution is 2.15. The topological polar surface area (TPSA) is 87.5 Å². The van der Waals surface area contributed by atoms with Crippen molar-refractivity contribution in [3.63, 3.8) is 0 Å². The number of hydrogen-bond acceptors (Lipinski definition) is 4. The maximum Gasteiger partial charge on any atom is 0.315 e. The number of amides is 3. The predicted molar refractivity (Wildman–Crippen MR) is 91.6 cm³/mol. The lowest BCUT2D eigenvalue weighted by Crippen LogP contribution is -2.45. The van der Waals surface area contributed by atoms with Crippen LogP contribution in [0.25, 0.3) is 0 Å². The molecule has 1 aromatic heterocycles. The molecule has 1 fully saturated rings. The largest absolute Gasteiger partial charge is 0.359 e. The number of nitrogens with zero attached hydrogens (tertiary/aromatic N) is 2. The summed E-state index contributed by atoms with van der Waals surface area (Å²) < 4.78 is 5.03. The van der Waals surface area contributed by atoms with E-state index in [9.17, 15) is 9.59 Å². The normalized spacial score (nSPS) is 17.0. The molecule has 2 aromatic rings. The molecule has 3 amide bonds. The molecule has 0 bridgehead atoms. The van der Waals surface area contributed by atoms with Crippen LogP contribution < -0.4 is 10.6 Å². The highest BCUT2D eigenvalue weighted by atomic mass is 16.5. The molecular formula is C18H22N4O3. The van der Waals surface area contributed by atoms with E-state index in [1.807, 2.05) is 38.1 Å². The van der Waals surface area contributed by atoms with Gasteiger partial charge in [0.15, 0.2) is 5.76 Å². The second-order valence-corrected chi connectivity index (χ2v) is 6.35. The van der Waals surface area contributed by atoms with E-state index in [-0.39, 0.29) is 18.5 Å². The predicted octanol–water partition coefficient (Wildman–Crippen LogP) is 1.89. The van der Waals surface area contributed by atoms with Crippen molar-refractivity contribution in [2.75, 3.05) is 6.54 Å². The van der Waals surface area contributed by atoms with Gasteiger partial charge in [0.05, 0.1) is 12.2 Å². The molecule has 1 saturated heterocycles. The minimum absolute atomic E-state index is 0.0498. The number of carbonyl (C=O) groups is 2. The number of rotatable bonds is 5. The van der Waals surface area contributed by atoms with Crippen molar-refractivity contribution in [2.24, 2.45) is 0 Å². The second-order valence-electron chi connectivity index (χ2n) is 6.35. The number of aryl methyl sites for hydroxylation is 2. The highest BCUT2D eigenvalue weighted by Gasteiger charge is 2.32. The Morgan fingerprint density at radius 3 is 2.76 bits per heavy atom. The zero-order valence-corrected chi connectivity index (χ0v) is 14.4. The van der Waals surface area contributed by atoms with E-state index in [1.165, 1.54) is 5.56 Å². The zero-order valence-electron chi connectivity index (χ0n) is 14.4. The van der Waals surface area contributed by atoms with Crippen molar-refractivity contribution in [3.05, 3.63) is 52.9 Å². The Kier molecular flexibility index (Phi) is 5.02. The van der Waals surface area contributed by atoms with Gasteiger partial charge in [-0.15, -0.1) is 0 Å². The van der Waals surface area contributed by atoms with Gasteiger partial charge in [-0.2, -0.15) is 0 Å². The molecule has 0 radical (unpaired) electrons. The van der Waals surface area contributed by atoms with Crippen LogP contribution in [0.2, 0.25) is 0 Å². The van der Waals surface area contributed by atoms with Gasteiger partial charge in [-0.1, -0.05) is 35.0 Å². The Bertz CT molecular complexity index is 754. The molecule has 3 rings (SSSR count). The van der Waals surface area contributed by atoms with Gasteiger partial charge in [0.25, 0.3) is 0 Å². The summed E-state index contributed by atoms with van der Waals surface area (Å²) in [4.78, 5) is 26.2. The van der Waals surface area contributed by atoms with Crippen LogP contribution in [-0.2, 0) is 17.9 Å². The SMILES string of the molecule is Cc1ccc(CN2CCC(NC(=O)NCc3cc(C)no3)C2=O)cc1. The lowest BCUT2D eigenvalue weighted by atomic mass is 10.1. The van der Waals surface area contributed by atoms with Gasteiger partial charge < -0.3 is 20.1 Å². The molecule has 0 aliphatic carbocycles.